The quantitative estimate of drug-likeness (QED) is 0.625. The van der Waals surface area contributed by atoms with E-state index in [0.717, 1.165) is 26.9 Å². The Morgan fingerprint density at radius 3 is 2.71 bits per heavy atom. The highest BCUT2D eigenvalue weighted by Gasteiger charge is 2.32. The summed E-state index contributed by atoms with van der Waals surface area (Å²) in [6.07, 6.45) is -1.43. The van der Waals surface area contributed by atoms with Crippen molar-refractivity contribution in [1.29, 1.82) is 0 Å². The van der Waals surface area contributed by atoms with Gasteiger partial charge in [-0.25, -0.2) is 4.79 Å². The molecule has 0 aromatic heterocycles. The van der Waals surface area contributed by atoms with Crippen molar-refractivity contribution in [2.45, 2.75) is 32.4 Å². The smallest absolute Gasteiger partial charge is 0.450 e. The second-order valence-corrected chi connectivity index (χ2v) is 7.34. The van der Waals surface area contributed by atoms with Crippen LogP contribution in [0.5, 0.6) is 0 Å². The molecule has 0 saturated heterocycles. The van der Waals surface area contributed by atoms with Gasteiger partial charge < -0.3 is 15.2 Å². The summed E-state index contributed by atoms with van der Waals surface area (Å²) in [4.78, 5) is 11.0. The predicted octanol–water partition coefficient (Wildman–Crippen LogP) is 5.69. The zero-order chi connectivity index (χ0) is 17.4. The average Bonchev–Trinajstić information content (AvgIpc) is 2.47. The molecule has 24 heavy (non-hydrogen) atoms. The Bertz CT molecular complexity index is 809. The number of ether oxygens (including phenoxy) is 1. The fourth-order valence-corrected chi connectivity index (χ4v) is 4.18. The third kappa shape index (κ3) is 3.37. The highest BCUT2D eigenvalue weighted by molar-refractivity contribution is 9.10. The molecule has 1 heterocycles. The average molecular weight is 411 g/mol. The maximum atomic E-state index is 11.0. The van der Waals surface area contributed by atoms with Crippen LogP contribution in [0.1, 0.15) is 34.6 Å². The highest BCUT2D eigenvalue weighted by atomic mass is 79.9. The summed E-state index contributed by atoms with van der Waals surface area (Å²) in [6, 6.07) is 10.1. The molecule has 0 bridgehead atoms. The number of hydrogen-bond donors (Lipinski definition) is 2. The molecule has 1 aliphatic rings. The van der Waals surface area contributed by atoms with Crippen molar-refractivity contribution in [1.82, 2.24) is 0 Å². The van der Waals surface area contributed by atoms with Crippen LogP contribution < -0.4 is 5.32 Å². The lowest BCUT2D eigenvalue weighted by atomic mass is 9.82. The van der Waals surface area contributed by atoms with Crippen LogP contribution in [0.15, 0.2) is 34.8 Å². The Labute approximate surface area is 153 Å². The molecule has 1 aliphatic heterocycles. The van der Waals surface area contributed by atoms with Crippen molar-refractivity contribution in [2.75, 3.05) is 5.32 Å². The largest absolute Gasteiger partial charge is 0.507 e. The molecule has 2 N–H and O–H groups in total. The molecule has 0 spiro atoms. The number of halogens is 2. The van der Waals surface area contributed by atoms with Crippen LogP contribution in [0.2, 0.25) is 5.02 Å². The Hall–Kier alpha value is -1.72. The second kappa shape index (κ2) is 6.65. The Kier molecular flexibility index (Phi) is 4.74. The van der Waals surface area contributed by atoms with E-state index in [1.54, 1.807) is 6.07 Å². The number of carboxylic acid groups (broad SMARTS) is 1. The molecule has 0 radical (unpaired) electrons. The first-order valence-electron chi connectivity index (χ1n) is 7.57. The Morgan fingerprint density at radius 2 is 2.04 bits per heavy atom. The van der Waals surface area contributed by atoms with Crippen LogP contribution in [0.25, 0.3) is 0 Å². The number of nitrogens with one attached hydrogen (secondary N) is 1. The molecule has 2 aromatic rings. The second-order valence-electron chi connectivity index (χ2n) is 6.02. The topological polar surface area (TPSA) is 58.6 Å². The van der Waals surface area contributed by atoms with Crippen molar-refractivity contribution < 1.29 is 14.6 Å². The van der Waals surface area contributed by atoms with E-state index in [2.05, 4.69) is 53.3 Å². The molecule has 4 nitrogen and oxygen atoms in total. The fraction of sp³-hybridized carbons (Fsp3) is 0.278. The maximum Gasteiger partial charge on any atom is 0.507 e. The summed E-state index contributed by atoms with van der Waals surface area (Å²) in [5.74, 6) is 0.00111. The van der Waals surface area contributed by atoms with Crippen molar-refractivity contribution in [3.63, 3.8) is 0 Å². The maximum absolute atomic E-state index is 11.0. The number of rotatable bonds is 2. The van der Waals surface area contributed by atoms with Gasteiger partial charge in [0, 0.05) is 16.8 Å². The van der Waals surface area contributed by atoms with Crippen LogP contribution in [0.4, 0.5) is 10.5 Å². The van der Waals surface area contributed by atoms with E-state index in [-0.39, 0.29) is 5.92 Å². The number of aryl methyl sites for hydroxylation is 2. The standard InChI is InChI=1S/C18H17BrClNO3/c1-9-3-4-12(10(2)5-9)13-8-16(24-18(22)23)21-17-14(13)6-11(19)7-15(17)20/h3-7,13,16,21H,8H2,1-2H3,(H,22,23). The van der Waals surface area contributed by atoms with Crippen LogP contribution in [0, 0.1) is 13.8 Å². The van der Waals surface area contributed by atoms with Crippen LogP contribution in [-0.2, 0) is 4.74 Å². The van der Waals surface area contributed by atoms with Gasteiger partial charge in [-0.3, -0.25) is 0 Å². The molecule has 0 fully saturated rings. The highest BCUT2D eigenvalue weighted by Crippen LogP contribution is 2.44. The van der Waals surface area contributed by atoms with Crippen molar-refractivity contribution >= 4 is 39.4 Å². The summed E-state index contributed by atoms with van der Waals surface area (Å²) >= 11 is 9.86. The molecular weight excluding hydrogens is 394 g/mol. The van der Waals surface area contributed by atoms with Gasteiger partial charge in [0.05, 0.1) is 10.7 Å². The molecule has 0 saturated carbocycles. The molecular formula is C18H17BrClNO3. The van der Waals surface area contributed by atoms with Gasteiger partial charge >= 0.3 is 6.16 Å². The van der Waals surface area contributed by atoms with Gasteiger partial charge in [-0.05, 0) is 42.7 Å². The van der Waals surface area contributed by atoms with E-state index in [0.29, 0.717) is 11.4 Å². The SMILES string of the molecule is Cc1ccc(C2CC(OC(=O)O)Nc3c(Cl)cc(Br)cc32)c(C)c1. The van der Waals surface area contributed by atoms with Crippen molar-refractivity contribution in [3.8, 4) is 0 Å². The minimum Gasteiger partial charge on any atom is -0.450 e. The monoisotopic (exact) mass is 409 g/mol. The molecule has 3 rings (SSSR count). The summed E-state index contributed by atoms with van der Waals surface area (Å²) in [7, 11) is 0. The first-order chi connectivity index (χ1) is 11.3. The van der Waals surface area contributed by atoms with Crippen LogP contribution >= 0.6 is 27.5 Å². The minimum atomic E-state index is -1.30. The van der Waals surface area contributed by atoms with Gasteiger partial charge in [0.25, 0.3) is 0 Å². The lowest BCUT2D eigenvalue weighted by Gasteiger charge is -2.34. The predicted molar refractivity (Wildman–Crippen MR) is 98.0 cm³/mol. The summed E-state index contributed by atoms with van der Waals surface area (Å²) in [6.45, 7) is 4.12. The van der Waals surface area contributed by atoms with E-state index < -0.39 is 12.4 Å². The van der Waals surface area contributed by atoms with Crippen LogP contribution in [-0.4, -0.2) is 17.5 Å². The van der Waals surface area contributed by atoms with Gasteiger partial charge in [0.15, 0.2) is 6.23 Å². The summed E-state index contributed by atoms with van der Waals surface area (Å²) in [5.41, 5.74) is 5.26. The van der Waals surface area contributed by atoms with E-state index in [1.165, 1.54) is 5.56 Å². The fourth-order valence-electron chi connectivity index (χ4n) is 3.29. The molecule has 2 aromatic carbocycles. The lowest BCUT2D eigenvalue weighted by Crippen LogP contribution is -2.33. The van der Waals surface area contributed by atoms with Gasteiger partial charge in [0.1, 0.15) is 0 Å². The van der Waals surface area contributed by atoms with Gasteiger partial charge in [-0.2, -0.15) is 0 Å². The third-order valence-corrected chi connectivity index (χ3v) is 5.02. The molecule has 6 heteroatoms. The number of fused-ring (bicyclic) bond motifs is 1. The summed E-state index contributed by atoms with van der Waals surface area (Å²) in [5, 5.41) is 12.6. The van der Waals surface area contributed by atoms with E-state index >= 15 is 0 Å². The Balaban J connectivity index is 2.11. The minimum absolute atomic E-state index is 0.00111. The number of hydrogen-bond acceptors (Lipinski definition) is 3. The van der Waals surface area contributed by atoms with E-state index in [4.69, 9.17) is 21.4 Å². The molecule has 0 amide bonds. The van der Waals surface area contributed by atoms with Crippen molar-refractivity contribution in [2.24, 2.45) is 0 Å². The molecule has 2 unspecified atom stereocenters. The molecule has 2 atom stereocenters. The van der Waals surface area contributed by atoms with Gasteiger partial charge in [-0.1, -0.05) is 51.3 Å². The number of benzene rings is 2. The first-order valence-corrected chi connectivity index (χ1v) is 8.74. The zero-order valence-electron chi connectivity index (χ0n) is 13.3. The van der Waals surface area contributed by atoms with E-state index in [1.807, 2.05) is 6.07 Å². The van der Waals surface area contributed by atoms with Gasteiger partial charge in [0.2, 0.25) is 0 Å². The van der Waals surface area contributed by atoms with E-state index in [9.17, 15) is 4.79 Å². The van der Waals surface area contributed by atoms with Gasteiger partial charge in [-0.15, -0.1) is 0 Å². The van der Waals surface area contributed by atoms with Crippen LogP contribution in [0.3, 0.4) is 0 Å². The lowest BCUT2D eigenvalue weighted by molar-refractivity contribution is 0.0561. The molecule has 126 valence electrons. The third-order valence-electron chi connectivity index (χ3n) is 4.26. The zero-order valence-corrected chi connectivity index (χ0v) is 15.6. The first kappa shape index (κ1) is 17.1. The Morgan fingerprint density at radius 1 is 1.29 bits per heavy atom. The molecule has 0 aliphatic carbocycles. The normalized spacial score (nSPS) is 19.3. The summed E-state index contributed by atoms with van der Waals surface area (Å²) < 4.78 is 5.87. The van der Waals surface area contributed by atoms with Crippen molar-refractivity contribution in [3.05, 3.63) is 62.1 Å². The number of anilines is 1. The number of carbonyl (C=O) groups is 1.